The number of hydrogen-bond donors (Lipinski definition) is 2. The van der Waals surface area contributed by atoms with Gasteiger partial charge in [0.2, 0.25) is 5.91 Å². The van der Waals surface area contributed by atoms with Crippen molar-refractivity contribution in [3.05, 3.63) is 64.1 Å². The van der Waals surface area contributed by atoms with Crippen molar-refractivity contribution in [2.45, 2.75) is 6.42 Å². The van der Waals surface area contributed by atoms with Crippen LogP contribution in [-0.4, -0.2) is 24.4 Å². The molecule has 0 unspecified atom stereocenters. The van der Waals surface area contributed by atoms with Crippen LogP contribution in [0.1, 0.15) is 15.9 Å². The van der Waals surface area contributed by atoms with Gasteiger partial charge in [0.25, 0.3) is 5.91 Å². The lowest BCUT2D eigenvalue weighted by atomic mass is 10.1. The quantitative estimate of drug-likeness (QED) is 0.601. The minimum atomic E-state index is -0.737. The van der Waals surface area contributed by atoms with Gasteiger partial charge in [-0.1, -0.05) is 46.3 Å². The number of anilines is 1. The molecule has 124 valence electrons. The highest BCUT2D eigenvalue weighted by molar-refractivity contribution is 9.10. The van der Waals surface area contributed by atoms with E-state index in [9.17, 15) is 14.4 Å². The molecule has 7 heteroatoms. The Hall–Kier alpha value is -2.67. The normalized spacial score (nSPS) is 10.0. The van der Waals surface area contributed by atoms with Crippen LogP contribution in [0.2, 0.25) is 0 Å². The summed E-state index contributed by atoms with van der Waals surface area (Å²) in [5.74, 6) is -1.90. The number of ether oxygens (including phenoxy) is 1. The Kier molecular flexibility index (Phi) is 6.08. The number of amides is 2. The summed E-state index contributed by atoms with van der Waals surface area (Å²) >= 11 is 3.22. The van der Waals surface area contributed by atoms with Crippen LogP contribution < -0.4 is 11.1 Å². The van der Waals surface area contributed by atoms with E-state index in [1.807, 2.05) is 6.07 Å². The Bertz CT molecular complexity index is 762. The largest absolute Gasteiger partial charge is 0.452 e. The summed E-state index contributed by atoms with van der Waals surface area (Å²) in [5, 5.41) is 2.17. The summed E-state index contributed by atoms with van der Waals surface area (Å²) in [6.45, 7) is -0.564. The fourth-order valence-electron chi connectivity index (χ4n) is 1.93. The fourth-order valence-corrected chi connectivity index (χ4v) is 2.29. The summed E-state index contributed by atoms with van der Waals surface area (Å²) in [4.78, 5) is 35.3. The van der Waals surface area contributed by atoms with Crippen LogP contribution in [0, 0.1) is 0 Å². The molecule has 0 heterocycles. The van der Waals surface area contributed by atoms with Crippen molar-refractivity contribution in [1.29, 1.82) is 0 Å². The van der Waals surface area contributed by atoms with Gasteiger partial charge in [-0.05, 0) is 23.8 Å². The highest BCUT2D eigenvalue weighted by atomic mass is 79.9. The molecular weight excluding hydrogens is 376 g/mol. The van der Waals surface area contributed by atoms with E-state index >= 15 is 0 Å². The first-order valence-electron chi connectivity index (χ1n) is 7.04. The van der Waals surface area contributed by atoms with E-state index in [0.29, 0.717) is 4.47 Å². The molecule has 2 rings (SSSR count). The number of benzene rings is 2. The highest BCUT2D eigenvalue weighted by Crippen LogP contribution is 2.19. The zero-order valence-electron chi connectivity index (χ0n) is 12.6. The maximum Gasteiger partial charge on any atom is 0.340 e. The van der Waals surface area contributed by atoms with Gasteiger partial charge >= 0.3 is 5.97 Å². The molecule has 0 aromatic heterocycles. The van der Waals surface area contributed by atoms with Gasteiger partial charge in [-0.2, -0.15) is 0 Å². The molecular formula is C17H15BrN2O4. The standard InChI is InChI=1S/C17H15BrN2O4/c18-12-6-7-14(19)13(9-12)17(23)24-10-16(22)20-15(21)8-11-4-2-1-3-5-11/h1-7,9H,8,10,19H2,(H,20,21,22). The van der Waals surface area contributed by atoms with Crippen molar-refractivity contribution in [2.24, 2.45) is 0 Å². The average Bonchev–Trinajstić information content (AvgIpc) is 2.55. The lowest BCUT2D eigenvalue weighted by Crippen LogP contribution is -2.35. The Balaban J connectivity index is 1.83. The molecule has 2 aromatic rings. The number of imide groups is 1. The van der Waals surface area contributed by atoms with E-state index in [2.05, 4.69) is 21.2 Å². The van der Waals surface area contributed by atoms with Crippen LogP contribution >= 0.6 is 15.9 Å². The Morgan fingerprint density at radius 2 is 1.75 bits per heavy atom. The molecule has 0 aliphatic carbocycles. The van der Waals surface area contributed by atoms with Crippen LogP contribution in [0.3, 0.4) is 0 Å². The summed E-state index contributed by atoms with van der Waals surface area (Å²) in [6.07, 6.45) is 0.0686. The van der Waals surface area contributed by atoms with E-state index in [-0.39, 0.29) is 17.7 Å². The summed E-state index contributed by atoms with van der Waals surface area (Å²) in [7, 11) is 0. The average molecular weight is 391 g/mol. The molecule has 0 aliphatic rings. The highest BCUT2D eigenvalue weighted by Gasteiger charge is 2.15. The van der Waals surface area contributed by atoms with Gasteiger partial charge in [0.15, 0.2) is 6.61 Å². The van der Waals surface area contributed by atoms with Gasteiger partial charge in [-0.15, -0.1) is 0 Å². The molecule has 0 radical (unpaired) electrons. The number of carbonyl (C=O) groups is 3. The smallest absolute Gasteiger partial charge is 0.340 e. The molecule has 0 spiro atoms. The Labute approximate surface area is 147 Å². The number of halogens is 1. The molecule has 0 atom stereocenters. The molecule has 3 N–H and O–H groups in total. The first kappa shape index (κ1) is 17.7. The second-order valence-corrected chi connectivity index (χ2v) is 5.86. The predicted octanol–water partition coefficient (Wildman–Crippen LogP) is 2.07. The summed E-state index contributed by atoms with van der Waals surface area (Å²) in [5.41, 5.74) is 6.85. The number of carbonyl (C=O) groups excluding carboxylic acids is 3. The van der Waals surface area contributed by atoms with Crippen LogP contribution in [0.5, 0.6) is 0 Å². The van der Waals surface area contributed by atoms with Gasteiger partial charge in [0.05, 0.1) is 12.0 Å². The third-order valence-electron chi connectivity index (χ3n) is 3.06. The lowest BCUT2D eigenvalue weighted by Gasteiger charge is -2.08. The van der Waals surface area contributed by atoms with Gasteiger partial charge in [0, 0.05) is 10.2 Å². The molecule has 24 heavy (non-hydrogen) atoms. The summed E-state index contributed by atoms with van der Waals surface area (Å²) < 4.78 is 5.53. The van der Waals surface area contributed by atoms with Gasteiger partial charge in [-0.25, -0.2) is 4.79 Å². The van der Waals surface area contributed by atoms with Crippen LogP contribution in [-0.2, 0) is 20.7 Å². The van der Waals surface area contributed by atoms with Gasteiger partial charge in [-0.3, -0.25) is 14.9 Å². The second-order valence-electron chi connectivity index (χ2n) is 4.94. The zero-order valence-corrected chi connectivity index (χ0v) is 14.2. The number of nitrogens with one attached hydrogen (secondary N) is 1. The van der Waals surface area contributed by atoms with E-state index < -0.39 is 24.4 Å². The van der Waals surface area contributed by atoms with E-state index in [0.717, 1.165) is 5.56 Å². The number of rotatable bonds is 5. The summed E-state index contributed by atoms with van der Waals surface area (Å²) in [6, 6.07) is 13.7. The molecule has 0 saturated heterocycles. The van der Waals surface area contributed by atoms with Crippen molar-refractivity contribution in [3.63, 3.8) is 0 Å². The third-order valence-corrected chi connectivity index (χ3v) is 3.55. The van der Waals surface area contributed by atoms with Crippen molar-refractivity contribution < 1.29 is 19.1 Å². The predicted molar refractivity (Wildman–Crippen MR) is 92.1 cm³/mol. The SMILES string of the molecule is Nc1ccc(Br)cc1C(=O)OCC(=O)NC(=O)Cc1ccccc1. The molecule has 2 aromatic carbocycles. The van der Waals surface area contributed by atoms with Gasteiger partial charge in [0.1, 0.15) is 0 Å². The first-order valence-corrected chi connectivity index (χ1v) is 7.84. The zero-order chi connectivity index (χ0) is 17.5. The van der Waals surface area contributed by atoms with Crippen molar-refractivity contribution in [1.82, 2.24) is 5.32 Å². The number of hydrogen-bond acceptors (Lipinski definition) is 5. The minimum absolute atomic E-state index is 0.0686. The van der Waals surface area contributed by atoms with E-state index in [1.165, 1.54) is 6.07 Å². The van der Waals surface area contributed by atoms with Gasteiger partial charge < -0.3 is 10.5 Å². The van der Waals surface area contributed by atoms with Crippen LogP contribution in [0.15, 0.2) is 53.0 Å². The van der Waals surface area contributed by atoms with Crippen LogP contribution in [0.25, 0.3) is 0 Å². The van der Waals surface area contributed by atoms with Crippen molar-refractivity contribution in [3.8, 4) is 0 Å². The third kappa shape index (κ3) is 5.20. The second kappa shape index (κ2) is 8.26. The lowest BCUT2D eigenvalue weighted by molar-refractivity contribution is -0.132. The molecule has 2 amide bonds. The Morgan fingerprint density at radius 3 is 2.46 bits per heavy atom. The van der Waals surface area contributed by atoms with E-state index in [1.54, 1.807) is 36.4 Å². The molecule has 0 fully saturated rings. The van der Waals surface area contributed by atoms with Crippen molar-refractivity contribution in [2.75, 3.05) is 12.3 Å². The van der Waals surface area contributed by atoms with Crippen LogP contribution in [0.4, 0.5) is 5.69 Å². The molecule has 0 aliphatic heterocycles. The fraction of sp³-hybridized carbons (Fsp3) is 0.118. The number of esters is 1. The van der Waals surface area contributed by atoms with E-state index in [4.69, 9.17) is 10.5 Å². The number of nitrogens with two attached hydrogens (primary N) is 1. The topological polar surface area (TPSA) is 98.5 Å². The Morgan fingerprint density at radius 1 is 1.04 bits per heavy atom. The molecule has 6 nitrogen and oxygen atoms in total. The monoisotopic (exact) mass is 390 g/mol. The maximum absolute atomic E-state index is 11.9. The molecule has 0 bridgehead atoms. The number of nitrogen functional groups attached to an aromatic ring is 1. The molecule has 0 saturated carbocycles. The minimum Gasteiger partial charge on any atom is -0.452 e. The first-order chi connectivity index (χ1) is 11.5. The van der Waals surface area contributed by atoms with Crippen molar-refractivity contribution >= 4 is 39.4 Å². The maximum atomic E-state index is 11.9.